The lowest BCUT2D eigenvalue weighted by Crippen LogP contribution is -2.54. The fourth-order valence-electron chi connectivity index (χ4n) is 5.59. The number of ether oxygens (including phenoxy) is 1. The van der Waals surface area contributed by atoms with Gasteiger partial charge in [-0.15, -0.1) is 0 Å². The first-order valence-electron chi connectivity index (χ1n) is 14.8. The van der Waals surface area contributed by atoms with Gasteiger partial charge < -0.3 is 15.4 Å². The van der Waals surface area contributed by atoms with Gasteiger partial charge in [-0.05, 0) is 58.6 Å². The van der Waals surface area contributed by atoms with E-state index in [1.807, 2.05) is 6.92 Å². The number of hydrogen-bond donors (Lipinski definition) is 3. The van der Waals surface area contributed by atoms with Crippen LogP contribution in [-0.4, -0.2) is 83.5 Å². The third kappa shape index (κ3) is 7.35. The standard InChI is InChI=1S/C29H41N5O8S/c1-5-6-7-11-23(43(40,41)33-16-14-18(15-17-33)30-28(39)42-29(2,3)4)31-20-10-8-9-19-24(20)27(38)34(26(19)37)21-12-13-22(35)32-25(21)36/h8-10,18,21,23,31H,5-7,11-17H2,1-4H3,(H,30,39)(H,32,35,36). The van der Waals surface area contributed by atoms with Gasteiger partial charge in [0.05, 0.1) is 11.1 Å². The van der Waals surface area contributed by atoms with Crippen molar-refractivity contribution in [3.05, 3.63) is 29.3 Å². The molecule has 5 amide bonds. The lowest BCUT2D eigenvalue weighted by Gasteiger charge is -2.35. The molecule has 43 heavy (non-hydrogen) atoms. The van der Waals surface area contributed by atoms with E-state index < -0.39 is 56.8 Å². The van der Waals surface area contributed by atoms with Crippen molar-refractivity contribution in [2.45, 2.75) is 102 Å². The molecule has 236 valence electrons. The normalized spacial score (nSPS) is 20.9. The Morgan fingerprint density at radius 3 is 2.40 bits per heavy atom. The Hall–Kier alpha value is -3.52. The molecule has 2 fully saturated rings. The van der Waals surface area contributed by atoms with Crippen molar-refractivity contribution in [1.29, 1.82) is 0 Å². The molecule has 13 nitrogen and oxygen atoms in total. The number of rotatable bonds is 10. The van der Waals surface area contributed by atoms with Crippen molar-refractivity contribution in [3.8, 4) is 0 Å². The van der Waals surface area contributed by atoms with E-state index in [0.717, 1.165) is 17.7 Å². The number of carbonyl (C=O) groups excluding carboxylic acids is 5. The minimum Gasteiger partial charge on any atom is -0.444 e. The molecule has 3 heterocycles. The summed E-state index contributed by atoms with van der Waals surface area (Å²) in [5.41, 5.74) is -0.377. The van der Waals surface area contributed by atoms with Crippen molar-refractivity contribution in [2.24, 2.45) is 0 Å². The van der Waals surface area contributed by atoms with Gasteiger partial charge in [-0.3, -0.25) is 29.4 Å². The van der Waals surface area contributed by atoms with E-state index in [-0.39, 0.29) is 55.2 Å². The zero-order valence-corrected chi connectivity index (χ0v) is 25.9. The number of alkyl carbamates (subject to hydrolysis) is 1. The molecule has 0 radical (unpaired) electrons. The molecule has 4 rings (SSSR count). The number of hydrogen-bond acceptors (Lipinski definition) is 9. The number of sulfonamides is 1. The number of anilines is 1. The smallest absolute Gasteiger partial charge is 0.407 e. The molecule has 0 aliphatic carbocycles. The second-order valence-corrected chi connectivity index (χ2v) is 14.3. The highest BCUT2D eigenvalue weighted by Gasteiger charge is 2.46. The summed E-state index contributed by atoms with van der Waals surface area (Å²) >= 11 is 0. The molecule has 2 unspecified atom stereocenters. The number of fused-ring (bicyclic) bond motifs is 1. The molecule has 3 aliphatic heterocycles. The highest BCUT2D eigenvalue weighted by molar-refractivity contribution is 7.89. The summed E-state index contributed by atoms with van der Waals surface area (Å²) in [5, 5.41) is 6.98. The van der Waals surface area contributed by atoms with Crippen LogP contribution >= 0.6 is 0 Å². The Labute approximate surface area is 252 Å². The number of imide groups is 2. The molecule has 3 aliphatic rings. The van der Waals surface area contributed by atoms with Crippen LogP contribution in [0.5, 0.6) is 0 Å². The SMILES string of the molecule is CCCCCC(Nc1cccc2c1C(=O)N(C1CCC(=O)NC1=O)C2=O)S(=O)(=O)N1CCC(NC(=O)OC(C)(C)C)CC1. The largest absolute Gasteiger partial charge is 0.444 e. The van der Waals surface area contributed by atoms with Gasteiger partial charge in [0.15, 0.2) is 0 Å². The lowest BCUT2D eigenvalue weighted by molar-refractivity contribution is -0.136. The summed E-state index contributed by atoms with van der Waals surface area (Å²) in [6, 6.07) is 3.22. The summed E-state index contributed by atoms with van der Waals surface area (Å²) in [4.78, 5) is 64.0. The second kappa shape index (κ2) is 13.0. The zero-order chi connectivity index (χ0) is 31.5. The van der Waals surface area contributed by atoms with Crippen molar-refractivity contribution in [3.63, 3.8) is 0 Å². The molecule has 0 aromatic heterocycles. The lowest BCUT2D eigenvalue weighted by atomic mass is 10.0. The number of amides is 5. The molecule has 1 aromatic rings. The molecule has 3 N–H and O–H groups in total. The Kier molecular flexibility index (Phi) is 9.79. The first kappa shape index (κ1) is 32.4. The van der Waals surface area contributed by atoms with Crippen molar-refractivity contribution in [1.82, 2.24) is 19.8 Å². The van der Waals surface area contributed by atoms with E-state index in [4.69, 9.17) is 4.74 Å². The number of carbonyl (C=O) groups is 5. The van der Waals surface area contributed by atoms with Crippen LogP contribution in [0.25, 0.3) is 0 Å². The van der Waals surface area contributed by atoms with Crippen LogP contribution in [0.1, 0.15) is 99.8 Å². The Bertz CT molecular complexity index is 1380. The van der Waals surface area contributed by atoms with Gasteiger partial charge in [-0.25, -0.2) is 13.2 Å². The minimum absolute atomic E-state index is 0.00332. The van der Waals surface area contributed by atoms with Crippen LogP contribution in [0.3, 0.4) is 0 Å². The number of benzene rings is 1. The van der Waals surface area contributed by atoms with Gasteiger partial charge in [0.25, 0.3) is 11.8 Å². The molecule has 0 bridgehead atoms. The monoisotopic (exact) mass is 619 g/mol. The summed E-state index contributed by atoms with van der Waals surface area (Å²) in [5.74, 6) is -2.56. The van der Waals surface area contributed by atoms with E-state index in [1.54, 1.807) is 32.9 Å². The summed E-state index contributed by atoms with van der Waals surface area (Å²) < 4.78 is 34.6. The first-order valence-corrected chi connectivity index (χ1v) is 16.3. The van der Waals surface area contributed by atoms with Gasteiger partial charge in [-0.2, -0.15) is 4.31 Å². The van der Waals surface area contributed by atoms with Gasteiger partial charge in [0.2, 0.25) is 21.8 Å². The average molecular weight is 620 g/mol. The number of unbranched alkanes of at least 4 members (excludes halogenated alkanes) is 2. The van der Waals surface area contributed by atoms with Crippen LogP contribution in [0.2, 0.25) is 0 Å². The highest BCUT2D eigenvalue weighted by atomic mass is 32.2. The van der Waals surface area contributed by atoms with Gasteiger partial charge in [-0.1, -0.05) is 32.3 Å². The maximum Gasteiger partial charge on any atom is 0.407 e. The maximum atomic E-state index is 13.9. The molecular weight excluding hydrogens is 578 g/mol. The highest BCUT2D eigenvalue weighted by Crippen LogP contribution is 2.34. The summed E-state index contributed by atoms with van der Waals surface area (Å²) in [6.45, 7) is 7.71. The summed E-state index contributed by atoms with van der Waals surface area (Å²) in [6.07, 6.45) is 2.87. The van der Waals surface area contributed by atoms with Crippen LogP contribution in [-0.2, 0) is 24.3 Å². The maximum absolute atomic E-state index is 13.9. The minimum atomic E-state index is -3.91. The zero-order valence-electron chi connectivity index (χ0n) is 25.1. The second-order valence-electron chi connectivity index (χ2n) is 12.2. The average Bonchev–Trinajstić information content (AvgIpc) is 3.17. The predicted molar refractivity (Wildman–Crippen MR) is 158 cm³/mol. The summed E-state index contributed by atoms with van der Waals surface area (Å²) in [7, 11) is -3.91. The third-order valence-electron chi connectivity index (χ3n) is 7.75. The van der Waals surface area contributed by atoms with E-state index in [0.29, 0.717) is 19.3 Å². The molecule has 0 saturated carbocycles. The predicted octanol–water partition coefficient (Wildman–Crippen LogP) is 2.73. The number of nitrogens with zero attached hydrogens (tertiary/aromatic N) is 2. The van der Waals surface area contributed by atoms with Crippen LogP contribution in [0.15, 0.2) is 18.2 Å². The topological polar surface area (TPSA) is 171 Å². The van der Waals surface area contributed by atoms with Crippen LogP contribution in [0, 0.1) is 0 Å². The third-order valence-corrected chi connectivity index (χ3v) is 9.91. The van der Waals surface area contributed by atoms with Crippen LogP contribution in [0.4, 0.5) is 10.5 Å². The Morgan fingerprint density at radius 2 is 1.77 bits per heavy atom. The Balaban J connectivity index is 1.52. The molecule has 14 heteroatoms. The van der Waals surface area contributed by atoms with Gasteiger partial charge >= 0.3 is 6.09 Å². The van der Waals surface area contributed by atoms with E-state index in [2.05, 4.69) is 16.0 Å². The van der Waals surface area contributed by atoms with Gasteiger partial charge in [0, 0.05) is 31.2 Å². The molecule has 1 aromatic carbocycles. The fourth-order valence-corrected chi connectivity index (χ4v) is 7.41. The number of piperidine rings is 2. The quantitative estimate of drug-likeness (QED) is 0.263. The van der Waals surface area contributed by atoms with Crippen molar-refractivity contribution < 1.29 is 37.1 Å². The molecule has 2 atom stereocenters. The van der Waals surface area contributed by atoms with E-state index in [1.165, 1.54) is 10.4 Å². The number of nitrogens with one attached hydrogen (secondary N) is 3. The van der Waals surface area contributed by atoms with Crippen LogP contribution < -0.4 is 16.0 Å². The molecule has 0 spiro atoms. The Morgan fingerprint density at radius 1 is 1.07 bits per heavy atom. The van der Waals surface area contributed by atoms with Crippen molar-refractivity contribution >= 4 is 45.4 Å². The van der Waals surface area contributed by atoms with E-state index >= 15 is 0 Å². The first-order chi connectivity index (χ1) is 20.2. The van der Waals surface area contributed by atoms with E-state index in [9.17, 15) is 32.4 Å². The molecular formula is C29H41N5O8S. The van der Waals surface area contributed by atoms with Crippen molar-refractivity contribution in [2.75, 3.05) is 18.4 Å². The molecule has 2 saturated heterocycles. The fraction of sp³-hybridized carbons (Fsp3) is 0.621. The van der Waals surface area contributed by atoms with Gasteiger partial charge in [0.1, 0.15) is 17.0 Å².